The molecule has 2 aromatic rings. The van der Waals surface area contributed by atoms with Crippen LogP contribution in [0.5, 0.6) is 5.88 Å². The lowest BCUT2D eigenvalue weighted by atomic mass is 10.2. The molecule has 1 aromatic carbocycles. The number of amides is 1. The molecule has 0 fully saturated rings. The summed E-state index contributed by atoms with van der Waals surface area (Å²) in [5.41, 5.74) is -0.436. The maximum atomic E-state index is 13.1. The highest BCUT2D eigenvalue weighted by molar-refractivity contribution is 6.29. The molecule has 0 spiro atoms. The topological polar surface area (TPSA) is 64.1 Å². The molecular weight excluding hydrogens is 311 g/mol. The third-order valence-electron chi connectivity index (χ3n) is 2.35. The number of rotatable bonds is 3. The van der Waals surface area contributed by atoms with E-state index in [4.69, 9.17) is 16.3 Å². The molecule has 0 saturated heterocycles. The van der Waals surface area contributed by atoms with Crippen LogP contribution in [-0.2, 0) is 0 Å². The van der Waals surface area contributed by atoms with E-state index in [0.717, 1.165) is 0 Å². The number of aromatic nitrogens is 2. The standard InChI is InChI=1S/C12H7ClF3N3O2/c1-21-9-4-8(13)17-12(18-9)19-11(20)5-2-6(14)10(16)7(15)3-5/h2-4H,1H3,(H,17,18,19,20). The van der Waals surface area contributed by atoms with Crippen LogP contribution < -0.4 is 10.1 Å². The van der Waals surface area contributed by atoms with E-state index < -0.39 is 28.9 Å². The summed E-state index contributed by atoms with van der Waals surface area (Å²) in [7, 11) is 1.33. The lowest BCUT2D eigenvalue weighted by Crippen LogP contribution is -2.15. The van der Waals surface area contributed by atoms with Gasteiger partial charge in [-0.3, -0.25) is 10.1 Å². The van der Waals surface area contributed by atoms with Crippen LogP contribution in [0.3, 0.4) is 0 Å². The number of hydrogen-bond acceptors (Lipinski definition) is 4. The van der Waals surface area contributed by atoms with E-state index in [1.165, 1.54) is 13.2 Å². The van der Waals surface area contributed by atoms with Gasteiger partial charge < -0.3 is 4.74 Å². The van der Waals surface area contributed by atoms with Gasteiger partial charge in [-0.05, 0) is 12.1 Å². The monoisotopic (exact) mass is 317 g/mol. The molecule has 1 amide bonds. The molecule has 1 N–H and O–H groups in total. The Kier molecular flexibility index (Phi) is 4.27. The molecule has 0 saturated carbocycles. The third kappa shape index (κ3) is 3.40. The summed E-state index contributed by atoms with van der Waals surface area (Å²) < 4.78 is 43.7. The van der Waals surface area contributed by atoms with Crippen molar-refractivity contribution in [1.82, 2.24) is 9.97 Å². The molecule has 21 heavy (non-hydrogen) atoms. The number of carbonyl (C=O) groups is 1. The van der Waals surface area contributed by atoms with Gasteiger partial charge in [-0.15, -0.1) is 0 Å². The van der Waals surface area contributed by atoms with Gasteiger partial charge in [-0.25, -0.2) is 18.2 Å². The summed E-state index contributed by atoms with van der Waals surface area (Å²) in [6.45, 7) is 0. The van der Waals surface area contributed by atoms with E-state index in [0.29, 0.717) is 12.1 Å². The number of nitrogens with one attached hydrogen (secondary N) is 1. The van der Waals surface area contributed by atoms with Crippen molar-refractivity contribution in [3.05, 3.63) is 46.4 Å². The van der Waals surface area contributed by atoms with Gasteiger partial charge in [-0.2, -0.15) is 4.98 Å². The third-order valence-corrected chi connectivity index (χ3v) is 2.55. The van der Waals surface area contributed by atoms with Crippen LogP contribution in [0.25, 0.3) is 0 Å². The minimum Gasteiger partial charge on any atom is -0.481 e. The minimum absolute atomic E-state index is 0.00591. The Bertz CT molecular complexity index is 689. The van der Waals surface area contributed by atoms with E-state index >= 15 is 0 Å². The fourth-order valence-corrected chi connectivity index (χ4v) is 1.59. The van der Waals surface area contributed by atoms with Crippen LogP contribution in [0.15, 0.2) is 18.2 Å². The SMILES string of the molecule is COc1cc(Cl)nc(NC(=O)c2cc(F)c(F)c(F)c2)n1. The van der Waals surface area contributed by atoms with E-state index in [9.17, 15) is 18.0 Å². The summed E-state index contributed by atoms with van der Waals surface area (Å²) in [4.78, 5) is 19.3. The minimum atomic E-state index is -1.66. The molecule has 1 aromatic heterocycles. The van der Waals surface area contributed by atoms with E-state index in [2.05, 4.69) is 15.3 Å². The van der Waals surface area contributed by atoms with Gasteiger partial charge in [0.15, 0.2) is 17.5 Å². The van der Waals surface area contributed by atoms with Crippen molar-refractivity contribution < 1.29 is 22.7 Å². The fraction of sp³-hybridized carbons (Fsp3) is 0.0833. The quantitative estimate of drug-likeness (QED) is 0.698. The predicted octanol–water partition coefficient (Wildman–Crippen LogP) is 2.81. The lowest BCUT2D eigenvalue weighted by Gasteiger charge is -2.06. The number of nitrogens with zero attached hydrogens (tertiary/aromatic N) is 2. The van der Waals surface area contributed by atoms with Gasteiger partial charge in [0.1, 0.15) is 5.15 Å². The molecule has 0 atom stereocenters. The van der Waals surface area contributed by atoms with Crippen LogP contribution in [0.2, 0.25) is 5.15 Å². The zero-order valence-corrected chi connectivity index (χ0v) is 11.2. The Morgan fingerprint density at radius 2 is 1.81 bits per heavy atom. The predicted molar refractivity (Wildman–Crippen MR) is 67.9 cm³/mol. The number of methoxy groups -OCH3 is 1. The van der Waals surface area contributed by atoms with Crippen LogP contribution in [-0.4, -0.2) is 23.0 Å². The number of carbonyl (C=O) groups excluding carboxylic acids is 1. The smallest absolute Gasteiger partial charge is 0.258 e. The van der Waals surface area contributed by atoms with Crippen molar-refractivity contribution in [2.75, 3.05) is 12.4 Å². The summed E-state index contributed by atoms with van der Waals surface area (Å²) >= 11 is 5.68. The maximum absolute atomic E-state index is 13.1. The molecule has 5 nitrogen and oxygen atoms in total. The number of hydrogen-bond donors (Lipinski definition) is 1. The van der Waals surface area contributed by atoms with Crippen molar-refractivity contribution in [1.29, 1.82) is 0 Å². The van der Waals surface area contributed by atoms with Gasteiger partial charge in [0.2, 0.25) is 11.8 Å². The van der Waals surface area contributed by atoms with Crippen LogP contribution in [0.1, 0.15) is 10.4 Å². The van der Waals surface area contributed by atoms with Crippen LogP contribution in [0, 0.1) is 17.5 Å². The van der Waals surface area contributed by atoms with Crippen LogP contribution >= 0.6 is 11.6 Å². The molecule has 0 radical (unpaired) electrons. The molecule has 9 heteroatoms. The fourth-order valence-electron chi connectivity index (χ4n) is 1.42. The molecular formula is C12H7ClF3N3O2. The highest BCUT2D eigenvalue weighted by Gasteiger charge is 2.16. The molecule has 0 bridgehead atoms. The van der Waals surface area contributed by atoms with Crippen molar-refractivity contribution in [2.45, 2.75) is 0 Å². The Hall–Kier alpha value is -2.35. The number of halogens is 4. The molecule has 0 aliphatic heterocycles. The van der Waals surface area contributed by atoms with Crippen molar-refractivity contribution in [3.63, 3.8) is 0 Å². The first kappa shape index (κ1) is 15.0. The normalized spacial score (nSPS) is 10.3. The largest absolute Gasteiger partial charge is 0.481 e. The summed E-state index contributed by atoms with van der Waals surface area (Å²) in [5, 5.41) is 2.16. The van der Waals surface area contributed by atoms with Crippen molar-refractivity contribution in [3.8, 4) is 5.88 Å². The van der Waals surface area contributed by atoms with Gasteiger partial charge in [0, 0.05) is 11.6 Å². The first-order valence-electron chi connectivity index (χ1n) is 5.45. The number of anilines is 1. The average Bonchev–Trinajstić information content (AvgIpc) is 2.43. The Morgan fingerprint density at radius 1 is 1.19 bits per heavy atom. The molecule has 0 aliphatic rings. The first-order valence-corrected chi connectivity index (χ1v) is 5.83. The molecule has 2 rings (SSSR count). The Labute approximate surface area is 121 Å². The Balaban J connectivity index is 2.28. The zero-order chi connectivity index (χ0) is 15.6. The van der Waals surface area contributed by atoms with Gasteiger partial charge in [0.25, 0.3) is 5.91 Å². The van der Waals surface area contributed by atoms with Crippen molar-refractivity contribution in [2.24, 2.45) is 0 Å². The zero-order valence-electron chi connectivity index (χ0n) is 10.5. The summed E-state index contributed by atoms with van der Waals surface area (Å²) in [5.74, 6) is -5.70. The van der Waals surface area contributed by atoms with Crippen molar-refractivity contribution >= 4 is 23.5 Å². The number of ether oxygens (including phenoxy) is 1. The second-order valence-corrected chi connectivity index (χ2v) is 4.15. The highest BCUT2D eigenvalue weighted by Crippen LogP contribution is 2.18. The van der Waals surface area contributed by atoms with Gasteiger partial charge in [0.05, 0.1) is 7.11 Å². The highest BCUT2D eigenvalue weighted by atomic mass is 35.5. The van der Waals surface area contributed by atoms with E-state index in [1.807, 2.05) is 0 Å². The van der Waals surface area contributed by atoms with E-state index in [-0.39, 0.29) is 17.0 Å². The molecule has 110 valence electrons. The lowest BCUT2D eigenvalue weighted by molar-refractivity contribution is 0.102. The second-order valence-electron chi connectivity index (χ2n) is 3.76. The first-order chi connectivity index (χ1) is 9.90. The summed E-state index contributed by atoms with van der Waals surface area (Å²) in [6.07, 6.45) is 0. The number of benzene rings is 1. The summed E-state index contributed by atoms with van der Waals surface area (Å²) in [6, 6.07) is 2.40. The van der Waals surface area contributed by atoms with Gasteiger partial charge >= 0.3 is 0 Å². The average molecular weight is 318 g/mol. The molecule has 0 aliphatic carbocycles. The molecule has 0 unspecified atom stereocenters. The van der Waals surface area contributed by atoms with Gasteiger partial charge in [-0.1, -0.05) is 11.6 Å². The second kappa shape index (κ2) is 5.96. The van der Waals surface area contributed by atoms with Crippen LogP contribution in [0.4, 0.5) is 19.1 Å². The van der Waals surface area contributed by atoms with E-state index in [1.54, 1.807) is 0 Å². The maximum Gasteiger partial charge on any atom is 0.258 e. The Morgan fingerprint density at radius 3 is 2.38 bits per heavy atom. The molecule has 1 heterocycles.